The van der Waals surface area contributed by atoms with Crippen molar-refractivity contribution in [2.24, 2.45) is 5.92 Å². The van der Waals surface area contributed by atoms with Gasteiger partial charge in [0.15, 0.2) is 5.54 Å². The molecule has 2 aliphatic rings. The molecule has 1 saturated heterocycles. The van der Waals surface area contributed by atoms with E-state index < -0.39 is 17.4 Å². The molecular weight excluding hydrogens is 402 g/mol. The van der Waals surface area contributed by atoms with Gasteiger partial charge in [-0.05, 0) is 35.9 Å². The summed E-state index contributed by atoms with van der Waals surface area (Å²) in [6, 6.07) is 11.4. The number of thiophene rings is 1. The number of ether oxygens (including phenoxy) is 1. The number of aromatic amines is 1. The lowest BCUT2D eigenvalue weighted by Gasteiger charge is -2.39. The number of aromatic nitrogens is 1. The summed E-state index contributed by atoms with van der Waals surface area (Å²) in [5.74, 6) is -1.91. The van der Waals surface area contributed by atoms with Crippen molar-refractivity contribution in [3.05, 3.63) is 57.9 Å². The van der Waals surface area contributed by atoms with Gasteiger partial charge in [0.2, 0.25) is 5.91 Å². The van der Waals surface area contributed by atoms with E-state index in [9.17, 15) is 14.4 Å². The van der Waals surface area contributed by atoms with E-state index in [1.165, 1.54) is 23.3 Å². The lowest BCUT2D eigenvalue weighted by atomic mass is 9.75. The Bertz CT molecular complexity index is 1150. The maximum absolute atomic E-state index is 13.4. The molecule has 2 aliphatic heterocycles. The summed E-state index contributed by atoms with van der Waals surface area (Å²) in [6.07, 6.45) is 1.11. The topological polar surface area (TPSA) is 91.5 Å². The zero-order valence-electron chi connectivity index (χ0n) is 16.4. The van der Waals surface area contributed by atoms with Crippen LogP contribution in [-0.4, -0.2) is 47.9 Å². The number of amides is 2. The van der Waals surface area contributed by atoms with E-state index in [0.717, 1.165) is 22.9 Å². The largest absolute Gasteiger partial charge is 0.467 e. The van der Waals surface area contributed by atoms with Crippen molar-refractivity contribution in [1.82, 2.24) is 15.2 Å². The minimum atomic E-state index is -1.34. The number of benzene rings is 1. The zero-order chi connectivity index (χ0) is 20.9. The smallest absolute Gasteiger partial charge is 0.333 e. The van der Waals surface area contributed by atoms with Gasteiger partial charge in [-0.15, -0.1) is 11.3 Å². The van der Waals surface area contributed by atoms with E-state index in [0.29, 0.717) is 23.5 Å². The number of fused-ring (bicyclic) bond motifs is 3. The van der Waals surface area contributed by atoms with Crippen LogP contribution in [0.2, 0.25) is 0 Å². The van der Waals surface area contributed by atoms with Crippen LogP contribution in [0, 0.1) is 5.92 Å². The molecule has 2 atom stereocenters. The molecule has 0 saturated carbocycles. The molecule has 0 radical (unpaired) electrons. The zero-order valence-corrected chi connectivity index (χ0v) is 17.3. The van der Waals surface area contributed by atoms with Gasteiger partial charge in [0.05, 0.1) is 23.6 Å². The Labute approximate surface area is 177 Å². The van der Waals surface area contributed by atoms with Crippen molar-refractivity contribution in [3.63, 3.8) is 0 Å². The molecule has 2 N–H and O–H groups in total. The second kappa shape index (κ2) is 7.07. The van der Waals surface area contributed by atoms with Gasteiger partial charge in [0.1, 0.15) is 0 Å². The van der Waals surface area contributed by atoms with Crippen LogP contribution in [0.1, 0.15) is 27.3 Å². The first-order chi connectivity index (χ1) is 14.6. The monoisotopic (exact) mass is 423 g/mol. The lowest BCUT2D eigenvalue weighted by molar-refractivity contribution is -0.156. The number of methoxy groups -OCH3 is 1. The van der Waals surface area contributed by atoms with E-state index in [1.807, 2.05) is 24.3 Å². The molecule has 4 heterocycles. The average molecular weight is 423 g/mol. The molecule has 5 rings (SSSR count). The van der Waals surface area contributed by atoms with E-state index in [-0.39, 0.29) is 18.4 Å². The molecule has 2 aromatic heterocycles. The fraction of sp³-hybridized carbons (Fsp3) is 0.318. The molecule has 0 spiro atoms. The molecule has 8 heteroatoms. The minimum Gasteiger partial charge on any atom is -0.467 e. The van der Waals surface area contributed by atoms with Gasteiger partial charge >= 0.3 is 5.97 Å². The number of rotatable bonds is 3. The quantitative estimate of drug-likeness (QED) is 0.499. The number of nitrogens with one attached hydrogen (secondary N) is 2. The highest BCUT2D eigenvalue weighted by molar-refractivity contribution is 7.12. The Kier molecular flexibility index (Phi) is 4.48. The number of carbonyl (C=O) groups is 3. The Balaban J connectivity index is 1.61. The third-order valence-electron chi connectivity index (χ3n) is 6.20. The van der Waals surface area contributed by atoms with Crippen molar-refractivity contribution in [1.29, 1.82) is 0 Å². The van der Waals surface area contributed by atoms with E-state index >= 15 is 0 Å². The number of hydrogen-bond acceptors (Lipinski definition) is 6. The third kappa shape index (κ3) is 2.57. The normalized spacial score (nSPS) is 23.6. The number of carbonyl (C=O) groups excluding carboxylic acids is 3. The summed E-state index contributed by atoms with van der Waals surface area (Å²) >= 11 is 1.30. The molecule has 2 amide bonds. The van der Waals surface area contributed by atoms with Crippen molar-refractivity contribution in [3.8, 4) is 0 Å². The van der Waals surface area contributed by atoms with Crippen LogP contribution in [0.15, 0.2) is 41.8 Å². The lowest BCUT2D eigenvalue weighted by Crippen LogP contribution is -2.60. The molecule has 154 valence electrons. The second-order valence-corrected chi connectivity index (χ2v) is 8.56. The minimum absolute atomic E-state index is 0.274. The van der Waals surface area contributed by atoms with Gasteiger partial charge in [0, 0.05) is 24.0 Å². The number of esters is 1. The van der Waals surface area contributed by atoms with E-state index in [4.69, 9.17) is 4.74 Å². The standard InChI is InChI=1S/C22H21N3O4S/c1-29-21(28)22(15-9-11-25(19(15)26)20(27)17-7-4-12-30-17)18-14(8-10-23-22)13-5-2-3-6-16(13)24-18/h2-7,12,15,23-24H,8-11H2,1H3/t15-,22+/m0/s1. The predicted molar refractivity (Wildman–Crippen MR) is 112 cm³/mol. The fourth-order valence-corrected chi connectivity index (χ4v) is 5.53. The molecule has 7 nitrogen and oxygen atoms in total. The molecule has 3 aromatic rings. The molecule has 0 aliphatic carbocycles. The summed E-state index contributed by atoms with van der Waals surface area (Å²) in [4.78, 5) is 44.6. The highest BCUT2D eigenvalue weighted by Crippen LogP contribution is 2.43. The van der Waals surface area contributed by atoms with Crippen molar-refractivity contribution in [2.75, 3.05) is 20.2 Å². The number of H-pyrrole nitrogens is 1. The van der Waals surface area contributed by atoms with E-state index in [1.54, 1.807) is 17.5 Å². The van der Waals surface area contributed by atoms with Crippen LogP contribution >= 0.6 is 11.3 Å². The van der Waals surface area contributed by atoms with Crippen LogP contribution < -0.4 is 5.32 Å². The summed E-state index contributed by atoms with van der Waals surface area (Å²) in [6.45, 7) is 0.808. The van der Waals surface area contributed by atoms with Crippen LogP contribution in [0.25, 0.3) is 10.9 Å². The van der Waals surface area contributed by atoms with Crippen LogP contribution in [0.5, 0.6) is 0 Å². The number of imide groups is 1. The average Bonchev–Trinajstić information content (AvgIpc) is 3.51. The molecule has 1 aromatic carbocycles. The first-order valence-corrected chi connectivity index (χ1v) is 10.8. The molecule has 1 fully saturated rings. The summed E-state index contributed by atoms with van der Waals surface area (Å²) in [5, 5.41) is 6.15. The van der Waals surface area contributed by atoms with Crippen molar-refractivity contribution < 1.29 is 19.1 Å². The number of para-hydroxylation sites is 1. The SMILES string of the molecule is COC(=O)[C@]1([C@H]2CCN(C(=O)c3cccs3)C2=O)NCCc2c1[nH]c1ccccc21. The first-order valence-electron chi connectivity index (χ1n) is 9.90. The highest BCUT2D eigenvalue weighted by atomic mass is 32.1. The van der Waals surface area contributed by atoms with Crippen LogP contribution in [-0.2, 0) is 26.3 Å². The summed E-state index contributed by atoms with van der Waals surface area (Å²) in [5.41, 5.74) is 1.26. The summed E-state index contributed by atoms with van der Waals surface area (Å²) in [7, 11) is 1.33. The summed E-state index contributed by atoms with van der Waals surface area (Å²) < 4.78 is 5.20. The van der Waals surface area contributed by atoms with E-state index in [2.05, 4.69) is 10.3 Å². The van der Waals surface area contributed by atoms with Gasteiger partial charge in [-0.2, -0.15) is 0 Å². The fourth-order valence-electron chi connectivity index (χ4n) is 4.86. The molecule has 0 bridgehead atoms. The Hall–Kier alpha value is -2.97. The molecular formula is C22H21N3O4S. The maximum Gasteiger partial charge on any atom is 0.333 e. The first kappa shape index (κ1) is 19.0. The van der Waals surface area contributed by atoms with Gasteiger partial charge < -0.3 is 9.72 Å². The number of nitrogens with zero attached hydrogens (tertiary/aromatic N) is 1. The van der Waals surface area contributed by atoms with Gasteiger partial charge in [0.25, 0.3) is 5.91 Å². The third-order valence-corrected chi connectivity index (χ3v) is 7.06. The van der Waals surface area contributed by atoms with Crippen LogP contribution in [0.3, 0.4) is 0 Å². The Morgan fingerprint density at radius 2 is 2.07 bits per heavy atom. The van der Waals surface area contributed by atoms with Gasteiger partial charge in [-0.1, -0.05) is 24.3 Å². The predicted octanol–water partition coefficient (Wildman–Crippen LogP) is 2.43. The number of likely N-dealkylation sites (tertiary alicyclic amines) is 1. The van der Waals surface area contributed by atoms with Crippen molar-refractivity contribution >= 4 is 40.0 Å². The van der Waals surface area contributed by atoms with Crippen molar-refractivity contribution in [2.45, 2.75) is 18.4 Å². The second-order valence-electron chi connectivity index (χ2n) is 7.61. The Morgan fingerprint density at radius 3 is 2.83 bits per heavy atom. The number of hydrogen-bond donors (Lipinski definition) is 2. The van der Waals surface area contributed by atoms with Gasteiger partial charge in [-0.3, -0.25) is 19.8 Å². The molecule has 0 unspecified atom stereocenters. The van der Waals surface area contributed by atoms with Gasteiger partial charge in [-0.25, -0.2) is 4.79 Å². The maximum atomic E-state index is 13.4. The molecule has 30 heavy (non-hydrogen) atoms. The van der Waals surface area contributed by atoms with Crippen LogP contribution in [0.4, 0.5) is 0 Å². The highest BCUT2D eigenvalue weighted by Gasteiger charge is 2.58. The Morgan fingerprint density at radius 1 is 1.23 bits per heavy atom.